The van der Waals surface area contributed by atoms with Crippen LogP contribution in [0.3, 0.4) is 0 Å². The van der Waals surface area contributed by atoms with Crippen LogP contribution in [0, 0.1) is 0 Å². The summed E-state index contributed by atoms with van der Waals surface area (Å²) in [6, 6.07) is 14.0. The topological polar surface area (TPSA) is 80.5 Å². The molecule has 0 bridgehead atoms. The SMILES string of the molecule is CC(C)c1ccc(-c2cc(-c3nc(-c4ccncc4)no3)[nH]n2)cc1. The van der Waals surface area contributed by atoms with E-state index in [9.17, 15) is 0 Å². The number of nitrogens with zero attached hydrogens (tertiary/aromatic N) is 4. The zero-order valence-electron chi connectivity index (χ0n) is 14.0. The number of rotatable bonds is 4. The lowest BCUT2D eigenvalue weighted by Crippen LogP contribution is -1.86. The summed E-state index contributed by atoms with van der Waals surface area (Å²) in [4.78, 5) is 8.41. The van der Waals surface area contributed by atoms with Gasteiger partial charge >= 0.3 is 0 Å². The molecule has 4 aromatic rings. The Balaban J connectivity index is 1.60. The maximum absolute atomic E-state index is 5.35. The first kappa shape index (κ1) is 15.3. The molecule has 6 nitrogen and oxygen atoms in total. The molecule has 0 spiro atoms. The van der Waals surface area contributed by atoms with E-state index in [2.05, 4.69) is 63.4 Å². The van der Waals surface area contributed by atoms with Crippen LogP contribution < -0.4 is 0 Å². The summed E-state index contributed by atoms with van der Waals surface area (Å²) in [6.45, 7) is 4.36. The maximum Gasteiger partial charge on any atom is 0.276 e. The van der Waals surface area contributed by atoms with Gasteiger partial charge in [-0.25, -0.2) is 0 Å². The van der Waals surface area contributed by atoms with Crippen LogP contribution in [-0.2, 0) is 0 Å². The summed E-state index contributed by atoms with van der Waals surface area (Å²) >= 11 is 0. The van der Waals surface area contributed by atoms with Gasteiger partial charge in [-0.1, -0.05) is 43.3 Å². The summed E-state index contributed by atoms with van der Waals surface area (Å²) in [7, 11) is 0. The highest BCUT2D eigenvalue weighted by molar-refractivity contribution is 5.65. The number of aromatic nitrogens is 5. The Kier molecular flexibility index (Phi) is 3.85. The smallest absolute Gasteiger partial charge is 0.276 e. The van der Waals surface area contributed by atoms with Crippen molar-refractivity contribution in [2.24, 2.45) is 0 Å². The Morgan fingerprint density at radius 2 is 1.72 bits per heavy atom. The number of hydrogen-bond acceptors (Lipinski definition) is 5. The first-order valence-corrected chi connectivity index (χ1v) is 8.11. The lowest BCUT2D eigenvalue weighted by Gasteiger charge is -2.05. The van der Waals surface area contributed by atoms with E-state index < -0.39 is 0 Å². The van der Waals surface area contributed by atoms with Crippen LogP contribution in [0.2, 0.25) is 0 Å². The average molecular weight is 331 g/mol. The van der Waals surface area contributed by atoms with Crippen LogP contribution in [0.15, 0.2) is 59.4 Å². The Morgan fingerprint density at radius 1 is 0.960 bits per heavy atom. The van der Waals surface area contributed by atoms with Crippen molar-refractivity contribution < 1.29 is 4.52 Å². The number of pyridine rings is 1. The van der Waals surface area contributed by atoms with Gasteiger partial charge in [-0.3, -0.25) is 10.1 Å². The van der Waals surface area contributed by atoms with Gasteiger partial charge in [0, 0.05) is 23.5 Å². The minimum Gasteiger partial charge on any atom is -0.332 e. The molecule has 0 saturated carbocycles. The van der Waals surface area contributed by atoms with E-state index >= 15 is 0 Å². The van der Waals surface area contributed by atoms with Gasteiger partial charge in [0.1, 0.15) is 5.69 Å². The summed E-state index contributed by atoms with van der Waals surface area (Å²) in [5.74, 6) is 1.44. The maximum atomic E-state index is 5.35. The van der Waals surface area contributed by atoms with E-state index in [4.69, 9.17) is 4.52 Å². The van der Waals surface area contributed by atoms with E-state index in [0.717, 1.165) is 16.8 Å². The Hall–Kier alpha value is -3.28. The van der Waals surface area contributed by atoms with Crippen molar-refractivity contribution in [2.45, 2.75) is 19.8 Å². The number of hydrogen-bond donors (Lipinski definition) is 1. The second-order valence-corrected chi connectivity index (χ2v) is 6.10. The quantitative estimate of drug-likeness (QED) is 0.602. The molecule has 0 fully saturated rings. The van der Waals surface area contributed by atoms with Gasteiger partial charge in [-0.2, -0.15) is 10.1 Å². The molecule has 0 amide bonds. The molecule has 0 atom stereocenters. The summed E-state index contributed by atoms with van der Waals surface area (Å²) in [5.41, 5.74) is 4.73. The summed E-state index contributed by atoms with van der Waals surface area (Å²) in [5, 5.41) is 11.3. The van der Waals surface area contributed by atoms with Gasteiger partial charge in [0.05, 0.1) is 5.69 Å². The van der Waals surface area contributed by atoms with Crippen molar-refractivity contribution in [3.63, 3.8) is 0 Å². The molecule has 1 N–H and O–H groups in total. The normalized spacial score (nSPS) is 11.2. The number of H-pyrrole nitrogens is 1. The molecule has 4 rings (SSSR count). The fourth-order valence-corrected chi connectivity index (χ4v) is 2.57. The first-order valence-electron chi connectivity index (χ1n) is 8.11. The van der Waals surface area contributed by atoms with Gasteiger partial charge in [-0.15, -0.1) is 0 Å². The van der Waals surface area contributed by atoms with Gasteiger partial charge < -0.3 is 4.52 Å². The Morgan fingerprint density at radius 3 is 2.44 bits per heavy atom. The Bertz CT molecular complexity index is 970. The van der Waals surface area contributed by atoms with Crippen molar-refractivity contribution >= 4 is 0 Å². The molecule has 0 saturated heterocycles. The third-order valence-electron chi connectivity index (χ3n) is 4.05. The second kappa shape index (κ2) is 6.32. The van der Waals surface area contributed by atoms with Crippen molar-refractivity contribution in [3.05, 3.63) is 60.4 Å². The van der Waals surface area contributed by atoms with Crippen molar-refractivity contribution in [1.82, 2.24) is 25.3 Å². The molecule has 1 aromatic carbocycles. The molecule has 0 aliphatic heterocycles. The predicted molar refractivity (Wildman–Crippen MR) is 94.6 cm³/mol. The van der Waals surface area contributed by atoms with Gasteiger partial charge in [0.25, 0.3) is 5.89 Å². The van der Waals surface area contributed by atoms with Gasteiger partial charge in [0.15, 0.2) is 0 Å². The standard InChI is InChI=1S/C19H17N5O/c1-12(2)13-3-5-14(6-4-13)16-11-17(23-22-16)19-21-18(24-25-19)15-7-9-20-10-8-15/h3-12H,1-2H3,(H,22,23). The molecule has 6 heteroatoms. The average Bonchev–Trinajstić information content (AvgIpc) is 3.32. The highest BCUT2D eigenvalue weighted by Gasteiger charge is 2.14. The molecule has 3 aromatic heterocycles. The van der Waals surface area contributed by atoms with Gasteiger partial charge in [0.2, 0.25) is 5.82 Å². The zero-order chi connectivity index (χ0) is 17.2. The molecule has 0 radical (unpaired) electrons. The fraction of sp³-hybridized carbons (Fsp3) is 0.158. The number of nitrogens with one attached hydrogen (secondary N) is 1. The van der Waals surface area contributed by atoms with Crippen molar-refractivity contribution in [3.8, 4) is 34.2 Å². The molecule has 0 aliphatic carbocycles. The summed E-state index contributed by atoms with van der Waals surface area (Å²) in [6.07, 6.45) is 3.39. The molecule has 124 valence electrons. The van der Waals surface area contributed by atoms with E-state index in [1.807, 2.05) is 18.2 Å². The van der Waals surface area contributed by atoms with Crippen molar-refractivity contribution in [1.29, 1.82) is 0 Å². The zero-order valence-corrected chi connectivity index (χ0v) is 14.0. The van der Waals surface area contributed by atoms with Crippen LogP contribution in [0.25, 0.3) is 34.2 Å². The summed E-state index contributed by atoms with van der Waals surface area (Å²) < 4.78 is 5.35. The third-order valence-corrected chi connectivity index (χ3v) is 4.05. The molecule has 25 heavy (non-hydrogen) atoms. The van der Waals surface area contributed by atoms with E-state index in [1.54, 1.807) is 12.4 Å². The lowest BCUT2D eigenvalue weighted by molar-refractivity contribution is 0.431. The minimum absolute atomic E-state index is 0.407. The van der Waals surface area contributed by atoms with Crippen LogP contribution in [0.5, 0.6) is 0 Å². The first-order chi connectivity index (χ1) is 12.2. The molecular weight excluding hydrogens is 314 g/mol. The molecule has 0 unspecified atom stereocenters. The lowest BCUT2D eigenvalue weighted by atomic mass is 10.0. The minimum atomic E-state index is 0.407. The highest BCUT2D eigenvalue weighted by atomic mass is 16.5. The van der Waals surface area contributed by atoms with E-state index in [1.165, 1.54) is 5.56 Å². The van der Waals surface area contributed by atoms with E-state index in [-0.39, 0.29) is 0 Å². The van der Waals surface area contributed by atoms with Gasteiger partial charge in [-0.05, 0) is 29.7 Å². The van der Waals surface area contributed by atoms with Crippen LogP contribution in [0.4, 0.5) is 0 Å². The largest absolute Gasteiger partial charge is 0.332 e. The monoisotopic (exact) mass is 331 g/mol. The highest BCUT2D eigenvalue weighted by Crippen LogP contribution is 2.26. The number of benzene rings is 1. The number of aromatic amines is 1. The van der Waals surface area contributed by atoms with Crippen molar-refractivity contribution in [2.75, 3.05) is 0 Å². The Labute approximate surface area is 144 Å². The fourth-order valence-electron chi connectivity index (χ4n) is 2.57. The molecule has 3 heterocycles. The van der Waals surface area contributed by atoms with E-state index in [0.29, 0.717) is 23.3 Å². The third kappa shape index (κ3) is 3.06. The predicted octanol–water partition coefficient (Wildman–Crippen LogP) is 4.31. The second-order valence-electron chi connectivity index (χ2n) is 6.10. The van der Waals surface area contributed by atoms with Crippen LogP contribution in [0.1, 0.15) is 25.3 Å². The molecular formula is C19H17N5O. The van der Waals surface area contributed by atoms with Crippen LogP contribution >= 0.6 is 0 Å². The molecule has 0 aliphatic rings. The van der Waals surface area contributed by atoms with Crippen LogP contribution in [-0.4, -0.2) is 25.3 Å².